The molecule has 0 bridgehead atoms. The molecule has 1 atom stereocenters. The van der Waals surface area contributed by atoms with Gasteiger partial charge in [0.25, 0.3) is 5.91 Å². The topological polar surface area (TPSA) is 65.4 Å². The summed E-state index contributed by atoms with van der Waals surface area (Å²) in [6, 6.07) is 9.22. The van der Waals surface area contributed by atoms with Gasteiger partial charge in [0.2, 0.25) is 0 Å². The number of hydrogen-bond donors (Lipinski definition) is 1. The maximum Gasteiger partial charge on any atom is 0.255 e. The van der Waals surface area contributed by atoms with Crippen LogP contribution in [0, 0.1) is 0 Å². The van der Waals surface area contributed by atoms with E-state index in [-0.39, 0.29) is 12.0 Å². The molecule has 0 spiro atoms. The fraction of sp³-hybridized carbons (Fsp3) is 0.444. The molecule has 2 aromatic rings. The molecular weight excluding hydrogens is 306 g/mol. The van der Waals surface area contributed by atoms with Gasteiger partial charge in [-0.05, 0) is 37.5 Å². The Morgan fingerprint density at radius 1 is 1.38 bits per heavy atom. The Bertz CT molecular complexity index is 637. The van der Waals surface area contributed by atoms with Crippen LogP contribution in [0.25, 0.3) is 0 Å². The zero-order valence-corrected chi connectivity index (χ0v) is 13.7. The highest BCUT2D eigenvalue weighted by molar-refractivity contribution is 5.96. The highest BCUT2D eigenvalue weighted by atomic mass is 16.5. The fourth-order valence-electron chi connectivity index (χ4n) is 2.71. The van der Waals surface area contributed by atoms with Crippen LogP contribution in [-0.2, 0) is 11.3 Å². The number of rotatable bonds is 8. The van der Waals surface area contributed by atoms with Crippen LogP contribution in [0.2, 0.25) is 0 Å². The zero-order valence-electron chi connectivity index (χ0n) is 13.7. The van der Waals surface area contributed by atoms with E-state index < -0.39 is 0 Å². The number of carbonyl (C=O) groups is 1. The van der Waals surface area contributed by atoms with Crippen molar-refractivity contribution in [3.05, 3.63) is 48.3 Å². The maximum atomic E-state index is 12.4. The van der Waals surface area contributed by atoms with Crippen LogP contribution in [0.1, 0.15) is 29.6 Å². The summed E-state index contributed by atoms with van der Waals surface area (Å²) in [6.45, 7) is 2.67. The molecule has 6 nitrogen and oxygen atoms in total. The predicted octanol–water partition coefficient (Wildman–Crippen LogP) is 2.26. The molecule has 3 rings (SSSR count). The van der Waals surface area contributed by atoms with Crippen molar-refractivity contribution in [2.75, 3.05) is 19.8 Å². The minimum absolute atomic E-state index is 0.113. The van der Waals surface area contributed by atoms with Crippen LogP contribution < -0.4 is 10.1 Å². The monoisotopic (exact) mass is 329 g/mol. The Labute approximate surface area is 141 Å². The number of benzene rings is 1. The molecule has 1 saturated heterocycles. The molecule has 0 saturated carbocycles. The minimum atomic E-state index is -0.113. The van der Waals surface area contributed by atoms with E-state index in [1.165, 1.54) is 0 Å². The Morgan fingerprint density at radius 2 is 2.29 bits per heavy atom. The molecular formula is C18H23N3O3. The SMILES string of the molecule is O=C(NCCCn1cccn1)c1ccccc1OC[C@@H]1CCCO1. The first-order valence-corrected chi connectivity index (χ1v) is 8.42. The van der Waals surface area contributed by atoms with Crippen molar-refractivity contribution < 1.29 is 14.3 Å². The van der Waals surface area contributed by atoms with Gasteiger partial charge in [-0.25, -0.2) is 0 Å². The van der Waals surface area contributed by atoms with Crippen molar-refractivity contribution in [3.63, 3.8) is 0 Å². The van der Waals surface area contributed by atoms with Gasteiger partial charge in [-0.15, -0.1) is 0 Å². The first-order valence-electron chi connectivity index (χ1n) is 8.42. The molecule has 2 heterocycles. The summed E-state index contributed by atoms with van der Waals surface area (Å²) in [6.07, 6.45) is 6.71. The summed E-state index contributed by atoms with van der Waals surface area (Å²) in [5.74, 6) is 0.496. The van der Waals surface area contributed by atoms with E-state index >= 15 is 0 Å². The largest absolute Gasteiger partial charge is 0.490 e. The van der Waals surface area contributed by atoms with Gasteiger partial charge in [-0.3, -0.25) is 9.48 Å². The number of aromatic nitrogens is 2. The third-order valence-corrected chi connectivity index (χ3v) is 3.99. The number of para-hydroxylation sites is 1. The van der Waals surface area contributed by atoms with E-state index in [1.807, 2.05) is 35.1 Å². The average molecular weight is 329 g/mol. The number of carbonyl (C=O) groups excluding carboxylic acids is 1. The highest BCUT2D eigenvalue weighted by Crippen LogP contribution is 2.20. The molecule has 6 heteroatoms. The normalized spacial score (nSPS) is 16.9. The van der Waals surface area contributed by atoms with Crippen LogP contribution >= 0.6 is 0 Å². The van der Waals surface area contributed by atoms with Gasteiger partial charge in [0.1, 0.15) is 12.4 Å². The first kappa shape index (κ1) is 16.5. The summed E-state index contributed by atoms with van der Waals surface area (Å²) in [7, 11) is 0. The number of amides is 1. The lowest BCUT2D eigenvalue weighted by Crippen LogP contribution is -2.26. The number of nitrogens with one attached hydrogen (secondary N) is 1. The number of ether oxygens (including phenoxy) is 2. The van der Waals surface area contributed by atoms with E-state index in [2.05, 4.69) is 10.4 Å². The van der Waals surface area contributed by atoms with Gasteiger partial charge >= 0.3 is 0 Å². The molecule has 24 heavy (non-hydrogen) atoms. The quantitative estimate of drug-likeness (QED) is 0.755. The molecule has 0 radical (unpaired) electrons. The smallest absolute Gasteiger partial charge is 0.255 e. The van der Waals surface area contributed by atoms with Gasteiger partial charge in [-0.2, -0.15) is 5.10 Å². The summed E-state index contributed by atoms with van der Waals surface area (Å²) in [4.78, 5) is 12.4. The van der Waals surface area contributed by atoms with Gasteiger partial charge in [0, 0.05) is 32.1 Å². The molecule has 1 fully saturated rings. The van der Waals surface area contributed by atoms with Crippen molar-refractivity contribution in [3.8, 4) is 5.75 Å². The summed E-state index contributed by atoms with van der Waals surface area (Å²) in [5, 5.41) is 7.08. The molecule has 1 N–H and O–H groups in total. The van der Waals surface area contributed by atoms with Crippen molar-refractivity contribution in [2.24, 2.45) is 0 Å². The van der Waals surface area contributed by atoms with Gasteiger partial charge in [0.05, 0.1) is 11.7 Å². The number of nitrogens with zero attached hydrogens (tertiary/aromatic N) is 2. The third kappa shape index (κ3) is 4.58. The number of hydrogen-bond acceptors (Lipinski definition) is 4. The minimum Gasteiger partial charge on any atom is -0.490 e. The Balaban J connectivity index is 1.48. The zero-order chi connectivity index (χ0) is 16.6. The molecule has 1 aromatic heterocycles. The van der Waals surface area contributed by atoms with Gasteiger partial charge < -0.3 is 14.8 Å². The summed E-state index contributed by atoms with van der Waals surface area (Å²) in [5.41, 5.74) is 0.564. The van der Waals surface area contributed by atoms with Crippen LogP contribution in [0.15, 0.2) is 42.7 Å². The second-order valence-corrected chi connectivity index (χ2v) is 5.82. The summed E-state index contributed by atoms with van der Waals surface area (Å²) >= 11 is 0. The second-order valence-electron chi connectivity index (χ2n) is 5.82. The van der Waals surface area contributed by atoms with Gasteiger partial charge in [-0.1, -0.05) is 12.1 Å². The lowest BCUT2D eigenvalue weighted by molar-refractivity contribution is 0.0670. The fourth-order valence-corrected chi connectivity index (χ4v) is 2.71. The Kier molecular flexibility index (Phi) is 5.85. The lowest BCUT2D eigenvalue weighted by Gasteiger charge is -2.14. The van der Waals surface area contributed by atoms with E-state index in [1.54, 1.807) is 12.3 Å². The van der Waals surface area contributed by atoms with E-state index in [4.69, 9.17) is 9.47 Å². The van der Waals surface area contributed by atoms with Gasteiger partial charge in [0.15, 0.2) is 0 Å². The van der Waals surface area contributed by atoms with Crippen LogP contribution in [0.3, 0.4) is 0 Å². The van der Waals surface area contributed by atoms with Crippen LogP contribution in [0.4, 0.5) is 0 Å². The third-order valence-electron chi connectivity index (χ3n) is 3.99. The Morgan fingerprint density at radius 3 is 3.08 bits per heavy atom. The average Bonchev–Trinajstić information content (AvgIpc) is 3.30. The molecule has 128 valence electrons. The molecule has 0 aliphatic carbocycles. The maximum absolute atomic E-state index is 12.4. The van der Waals surface area contributed by atoms with Crippen LogP contribution in [-0.4, -0.2) is 41.6 Å². The lowest BCUT2D eigenvalue weighted by atomic mass is 10.2. The van der Waals surface area contributed by atoms with Crippen LogP contribution in [0.5, 0.6) is 5.75 Å². The predicted molar refractivity (Wildman–Crippen MR) is 90.1 cm³/mol. The van der Waals surface area contributed by atoms with Crippen molar-refractivity contribution >= 4 is 5.91 Å². The van der Waals surface area contributed by atoms with E-state index in [0.717, 1.165) is 32.4 Å². The summed E-state index contributed by atoms with van der Waals surface area (Å²) < 4.78 is 13.2. The van der Waals surface area contributed by atoms with Crippen molar-refractivity contribution in [1.82, 2.24) is 15.1 Å². The first-order chi connectivity index (χ1) is 11.8. The molecule has 1 aliphatic rings. The van der Waals surface area contributed by atoms with Crippen molar-refractivity contribution in [1.29, 1.82) is 0 Å². The second kappa shape index (κ2) is 8.49. The Hall–Kier alpha value is -2.34. The molecule has 1 aliphatic heterocycles. The van der Waals surface area contributed by atoms with E-state index in [9.17, 15) is 4.79 Å². The molecule has 1 aromatic carbocycles. The van der Waals surface area contributed by atoms with E-state index in [0.29, 0.717) is 24.5 Å². The molecule has 1 amide bonds. The number of aryl methyl sites for hydroxylation is 1. The van der Waals surface area contributed by atoms with Crippen molar-refractivity contribution in [2.45, 2.75) is 31.9 Å². The molecule has 0 unspecified atom stereocenters. The standard InChI is InChI=1S/C18H23N3O3/c22-18(19-9-4-11-21-12-5-10-20-21)16-7-1-2-8-17(16)24-14-15-6-3-13-23-15/h1-2,5,7-8,10,12,15H,3-4,6,9,11,13-14H2,(H,19,22)/t15-/m0/s1. The highest BCUT2D eigenvalue weighted by Gasteiger charge is 2.18.